The van der Waals surface area contributed by atoms with Crippen LogP contribution in [-0.4, -0.2) is 77.2 Å². The Kier molecular flexibility index (Phi) is 6.12. The SMILES string of the molecule is COc1ccc([C@@H]2COc3cc(O[C@H]4O[C@@H](CO)[C@H](O)[C@H](O)[C@@H]4O)ccc3C2=O)cc1. The van der Waals surface area contributed by atoms with Gasteiger partial charge in [0.15, 0.2) is 5.78 Å². The molecule has 4 N–H and O–H groups in total. The van der Waals surface area contributed by atoms with Crippen LogP contribution < -0.4 is 14.2 Å². The minimum absolute atomic E-state index is 0.0918. The number of ketones is 1. The molecule has 0 radical (unpaired) electrons. The number of carbonyl (C=O) groups is 1. The number of aliphatic hydroxyl groups is 4. The normalized spacial score (nSPS) is 30.3. The molecule has 2 aliphatic heterocycles. The largest absolute Gasteiger partial charge is 0.497 e. The topological polar surface area (TPSA) is 135 Å². The number of hydrogen-bond donors (Lipinski definition) is 4. The van der Waals surface area contributed by atoms with Gasteiger partial charge in [-0.3, -0.25) is 4.79 Å². The molecule has 2 aromatic rings. The zero-order chi connectivity index (χ0) is 22.1. The lowest BCUT2D eigenvalue weighted by Gasteiger charge is -2.39. The van der Waals surface area contributed by atoms with Crippen molar-refractivity contribution in [2.24, 2.45) is 0 Å². The number of aliphatic hydroxyl groups excluding tert-OH is 4. The Morgan fingerprint density at radius 2 is 1.71 bits per heavy atom. The highest BCUT2D eigenvalue weighted by Crippen LogP contribution is 2.36. The van der Waals surface area contributed by atoms with Crippen molar-refractivity contribution in [3.05, 3.63) is 53.6 Å². The molecule has 1 saturated heterocycles. The first kappa shape index (κ1) is 21.5. The Balaban J connectivity index is 1.50. The third kappa shape index (κ3) is 4.10. The molecule has 2 aromatic carbocycles. The number of Topliss-reactive ketones (excluding diaryl/α,β-unsaturated/α-hetero) is 1. The van der Waals surface area contributed by atoms with Crippen molar-refractivity contribution in [3.8, 4) is 17.2 Å². The molecule has 4 rings (SSSR count). The second-order valence-electron chi connectivity index (χ2n) is 7.47. The van der Waals surface area contributed by atoms with Crippen LogP contribution in [0.25, 0.3) is 0 Å². The molecular weight excluding hydrogens is 408 g/mol. The van der Waals surface area contributed by atoms with E-state index in [4.69, 9.17) is 18.9 Å². The lowest BCUT2D eigenvalue weighted by Crippen LogP contribution is -2.60. The van der Waals surface area contributed by atoms with E-state index in [0.29, 0.717) is 17.1 Å². The Hall–Kier alpha value is -2.69. The van der Waals surface area contributed by atoms with E-state index in [9.17, 15) is 25.2 Å². The molecule has 0 spiro atoms. The van der Waals surface area contributed by atoms with Gasteiger partial charge >= 0.3 is 0 Å². The number of ether oxygens (including phenoxy) is 4. The van der Waals surface area contributed by atoms with Crippen LogP contribution in [0.3, 0.4) is 0 Å². The summed E-state index contributed by atoms with van der Waals surface area (Å²) in [5.74, 6) is 0.723. The van der Waals surface area contributed by atoms with Gasteiger partial charge in [-0.05, 0) is 29.8 Å². The molecule has 2 heterocycles. The molecule has 0 aromatic heterocycles. The zero-order valence-electron chi connectivity index (χ0n) is 16.7. The summed E-state index contributed by atoms with van der Waals surface area (Å²) in [4.78, 5) is 13.0. The summed E-state index contributed by atoms with van der Waals surface area (Å²) in [7, 11) is 1.57. The lowest BCUT2D eigenvalue weighted by molar-refractivity contribution is -0.277. The molecule has 9 nitrogen and oxygen atoms in total. The first-order valence-corrected chi connectivity index (χ1v) is 9.85. The predicted molar refractivity (Wildman–Crippen MR) is 106 cm³/mol. The van der Waals surface area contributed by atoms with Gasteiger partial charge in [0.1, 0.15) is 48.3 Å². The van der Waals surface area contributed by atoms with Crippen molar-refractivity contribution in [3.63, 3.8) is 0 Å². The van der Waals surface area contributed by atoms with Crippen LogP contribution in [0.5, 0.6) is 17.2 Å². The minimum Gasteiger partial charge on any atom is -0.497 e. The Morgan fingerprint density at radius 1 is 1.00 bits per heavy atom. The van der Waals surface area contributed by atoms with Gasteiger partial charge < -0.3 is 39.4 Å². The van der Waals surface area contributed by atoms with Crippen LogP contribution >= 0.6 is 0 Å². The molecular formula is C22H24O9. The lowest BCUT2D eigenvalue weighted by atomic mass is 9.89. The van der Waals surface area contributed by atoms with Gasteiger partial charge in [0.05, 0.1) is 25.2 Å². The number of methoxy groups -OCH3 is 1. The van der Waals surface area contributed by atoms with Crippen molar-refractivity contribution in [1.29, 1.82) is 0 Å². The van der Waals surface area contributed by atoms with E-state index in [1.54, 1.807) is 25.3 Å². The van der Waals surface area contributed by atoms with Crippen molar-refractivity contribution >= 4 is 5.78 Å². The fourth-order valence-electron chi connectivity index (χ4n) is 3.72. The van der Waals surface area contributed by atoms with Crippen LogP contribution in [0.4, 0.5) is 0 Å². The molecule has 0 amide bonds. The van der Waals surface area contributed by atoms with E-state index in [2.05, 4.69) is 0 Å². The van der Waals surface area contributed by atoms with Gasteiger partial charge in [-0.2, -0.15) is 0 Å². The van der Waals surface area contributed by atoms with Gasteiger partial charge in [-0.1, -0.05) is 12.1 Å². The highest BCUT2D eigenvalue weighted by Gasteiger charge is 2.44. The average Bonchev–Trinajstić information content (AvgIpc) is 2.80. The Labute approximate surface area is 178 Å². The molecule has 2 aliphatic rings. The molecule has 9 heteroatoms. The van der Waals surface area contributed by atoms with Crippen LogP contribution in [0, 0.1) is 0 Å². The molecule has 31 heavy (non-hydrogen) atoms. The smallest absolute Gasteiger partial charge is 0.229 e. The molecule has 0 aliphatic carbocycles. The van der Waals surface area contributed by atoms with Crippen molar-refractivity contribution < 1.29 is 44.2 Å². The summed E-state index contributed by atoms with van der Waals surface area (Å²) < 4.78 is 21.9. The molecule has 1 fully saturated rings. The fraction of sp³-hybridized carbons (Fsp3) is 0.409. The molecule has 0 saturated carbocycles. The standard InChI is InChI=1S/C22H24O9/c1-28-12-4-2-11(3-5-12)15-10-29-16-8-13(6-7-14(16)18(15)24)30-22-21(27)20(26)19(25)17(9-23)31-22/h2-8,15,17,19-23,25-27H,9-10H2,1H3/t15-,17-,19-,20-,21-,22-/m0/s1. The quantitative estimate of drug-likeness (QED) is 0.524. The number of benzene rings is 2. The van der Waals surface area contributed by atoms with Crippen LogP contribution in [0.2, 0.25) is 0 Å². The van der Waals surface area contributed by atoms with Crippen LogP contribution in [0.15, 0.2) is 42.5 Å². The maximum absolute atomic E-state index is 13.0. The van der Waals surface area contributed by atoms with E-state index in [-0.39, 0.29) is 18.1 Å². The first-order chi connectivity index (χ1) is 14.9. The van der Waals surface area contributed by atoms with Gasteiger partial charge in [-0.25, -0.2) is 0 Å². The third-order valence-corrected chi connectivity index (χ3v) is 5.56. The second kappa shape index (κ2) is 8.81. The Bertz CT molecular complexity index is 927. The van der Waals surface area contributed by atoms with Crippen LogP contribution in [-0.2, 0) is 4.74 Å². The van der Waals surface area contributed by atoms with Crippen LogP contribution in [0.1, 0.15) is 21.8 Å². The van der Waals surface area contributed by atoms with Gasteiger partial charge in [0.2, 0.25) is 6.29 Å². The minimum atomic E-state index is -1.54. The monoisotopic (exact) mass is 432 g/mol. The maximum atomic E-state index is 13.0. The summed E-state index contributed by atoms with van der Waals surface area (Å²) in [6.07, 6.45) is -6.95. The van der Waals surface area contributed by atoms with E-state index in [1.165, 1.54) is 12.1 Å². The summed E-state index contributed by atoms with van der Waals surface area (Å²) in [5, 5.41) is 39.2. The number of rotatable bonds is 5. The number of fused-ring (bicyclic) bond motifs is 1. The summed E-state index contributed by atoms with van der Waals surface area (Å²) in [6.45, 7) is -0.402. The van der Waals surface area contributed by atoms with E-state index < -0.39 is 43.2 Å². The maximum Gasteiger partial charge on any atom is 0.229 e. The van der Waals surface area contributed by atoms with E-state index >= 15 is 0 Å². The van der Waals surface area contributed by atoms with Gasteiger partial charge in [0.25, 0.3) is 0 Å². The van der Waals surface area contributed by atoms with E-state index in [1.807, 2.05) is 12.1 Å². The summed E-state index contributed by atoms with van der Waals surface area (Å²) in [5.41, 5.74) is 1.21. The van der Waals surface area contributed by atoms with Gasteiger partial charge in [-0.15, -0.1) is 0 Å². The second-order valence-corrected chi connectivity index (χ2v) is 7.47. The van der Waals surface area contributed by atoms with Crippen molar-refractivity contribution in [1.82, 2.24) is 0 Å². The fourth-order valence-corrected chi connectivity index (χ4v) is 3.72. The average molecular weight is 432 g/mol. The number of hydrogen-bond acceptors (Lipinski definition) is 9. The molecule has 0 unspecified atom stereocenters. The summed E-state index contributed by atoms with van der Waals surface area (Å²) >= 11 is 0. The van der Waals surface area contributed by atoms with E-state index in [0.717, 1.165) is 5.56 Å². The predicted octanol–water partition coefficient (Wildman–Crippen LogP) is 0.233. The molecule has 0 bridgehead atoms. The Morgan fingerprint density at radius 3 is 2.39 bits per heavy atom. The molecule has 6 atom stereocenters. The zero-order valence-corrected chi connectivity index (χ0v) is 16.7. The first-order valence-electron chi connectivity index (χ1n) is 9.85. The van der Waals surface area contributed by atoms with Crippen molar-refractivity contribution in [2.75, 3.05) is 20.3 Å². The van der Waals surface area contributed by atoms with Crippen molar-refractivity contribution in [2.45, 2.75) is 36.6 Å². The molecule has 166 valence electrons. The summed E-state index contributed by atoms with van der Waals surface area (Å²) in [6, 6.07) is 11.8. The van der Waals surface area contributed by atoms with Gasteiger partial charge in [0, 0.05) is 6.07 Å². The number of carbonyl (C=O) groups excluding carboxylic acids is 1. The third-order valence-electron chi connectivity index (χ3n) is 5.56. The highest BCUT2D eigenvalue weighted by atomic mass is 16.7. The highest BCUT2D eigenvalue weighted by molar-refractivity contribution is 6.04.